The lowest BCUT2D eigenvalue weighted by Crippen LogP contribution is -2.33. The molecule has 0 heterocycles. The first kappa shape index (κ1) is 15.3. The van der Waals surface area contributed by atoms with Gasteiger partial charge in [-0.25, -0.2) is 0 Å². The quantitative estimate of drug-likeness (QED) is 0.266. The minimum Gasteiger partial charge on any atom is -0.409 e. The smallest absolute Gasteiger partial charge is 0.299 e. The van der Waals surface area contributed by atoms with E-state index in [1.54, 1.807) is 18.2 Å². The van der Waals surface area contributed by atoms with Crippen LogP contribution in [0, 0.1) is 5.92 Å². The molecule has 1 rings (SSSR count). The van der Waals surface area contributed by atoms with Gasteiger partial charge in [0.1, 0.15) is 0 Å². The highest BCUT2D eigenvalue weighted by atomic mass is 32.2. The Labute approximate surface area is 112 Å². The Bertz CT molecular complexity index is 555. The summed E-state index contributed by atoms with van der Waals surface area (Å²) < 4.78 is 28.4. The average molecular weight is 286 g/mol. The number of nitrogens with one attached hydrogen (secondary N) is 2. The van der Waals surface area contributed by atoms with Gasteiger partial charge in [-0.2, -0.15) is 13.1 Å². The molecule has 0 radical (unpaired) electrons. The minimum absolute atomic E-state index is 0.165. The molecule has 0 aliphatic rings. The van der Waals surface area contributed by atoms with Crippen LogP contribution in [0.4, 0.5) is 5.69 Å². The summed E-state index contributed by atoms with van der Waals surface area (Å²) in [5, 5.41) is 11.5. The number of para-hydroxylation sites is 1. The van der Waals surface area contributed by atoms with Gasteiger partial charge in [0.2, 0.25) is 0 Å². The number of nitrogens with zero attached hydrogens (tertiary/aromatic N) is 1. The van der Waals surface area contributed by atoms with Crippen molar-refractivity contribution in [2.45, 2.75) is 13.8 Å². The maximum absolute atomic E-state index is 11.8. The van der Waals surface area contributed by atoms with Crippen molar-refractivity contribution in [1.29, 1.82) is 0 Å². The van der Waals surface area contributed by atoms with E-state index in [0.717, 1.165) is 0 Å². The number of benzene rings is 1. The predicted molar refractivity (Wildman–Crippen MR) is 74.3 cm³/mol. The molecule has 0 aliphatic heterocycles. The van der Waals surface area contributed by atoms with Crippen LogP contribution < -0.4 is 15.2 Å². The highest BCUT2D eigenvalue weighted by molar-refractivity contribution is 7.90. The van der Waals surface area contributed by atoms with Gasteiger partial charge in [0, 0.05) is 12.1 Å². The van der Waals surface area contributed by atoms with Crippen molar-refractivity contribution in [2.24, 2.45) is 16.8 Å². The van der Waals surface area contributed by atoms with Crippen LogP contribution in [-0.4, -0.2) is 26.0 Å². The molecule has 0 aromatic heterocycles. The zero-order chi connectivity index (χ0) is 14.5. The first-order valence-corrected chi connectivity index (χ1v) is 7.18. The van der Waals surface area contributed by atoms with Crippen LogP contribution in [0.3, 0.4) is 0 Å². The number of nitrogens with two attached hydrogens (primary N) is 1. The number of oxime groups is 1. The molecular weight excluding hydrogens is 268 g/mol. The van der Waals surface area contributed by atoms with Crippen molar-refractivity contribution in [1.82, 2.24) is 4.72 Å². The summed E-state index contributed by atoms with van der Waals surface area (Å²) in [6.07, 6.45) is 0. The van der Waals surface area contributed by atoms with E-state index in [2.05, 4.69) is 14.6 Å². The molecule has 8 heteroatoms. The molecule has 5 N–H and O–H groups in total. The molecule has 7 nitrogen and oxygen atoms in total. The standard InChI is InChI=1S/C11H18N4O3S/c1-8(2)7-13-19(17,18)15-10-6-4-3-5-9(10)11(12)14-16/h3-6,8,13,15-16H,7H2,1-2H3,(H2,12,14). The average Bonchev–Trinajstić information content (AvgIpc) is 2.36. The van der Waals surface area contributed by atoms with Crippen LogP contribution in [0.2, 0.25) is 0 Å². The van der Waals surface area contributed by atoms with E-state index >= 15 is 0 Å². The first-order chi connectivity index (χ1) is 8.85. The number of anilines is 1. The lowest BCUT2D eigenvalue weighted by atomic mass is 10.2. The van der Waals surface area contributed by atoms with Gasteiger partial charge in [0.15, 0.2) is 5.84 Å². The second-order valence-electron chi connectivity index (χ2n) is 4.38. The van der Waals surface area contributed by atoms with Crippen molar-refractivity contribution in [3.8, 4) is 0 Å². The normalized spacial score (nSPS) is 12.7. The van der Waals surface area contributed by atoms with Crippen LogP contribution in [0.25, 0.3) is 0 Å². The van der Waals surface area contributed by atoms with Crippen molar-refractivity contribution >= 4 is 21.7 Å². The van der Waals surface area contributed by atoms with Gasteiger partial charge in [0.05, 0.1) is 5.69 Å². The Kier molecular flexibility index (Phi) is 5.13. The maximum atomic E-state index is 11.8. The lowest BCUT2D eigenvalue weighted by molar-refractivity contribution is 0.318. The molecule has 0 spiro atoms. The fraction of sp³-hybridized carbons (Fsp3) is 0.364. The van der Waals surface area contributed by atoms with E-state index in [0.29, 0.717) is 12.1 Å². The molecule has 106 valence electrons. The molecule has 0 saturated heterocycles. The number of amidine groups is 1. The SMILES string of the molecule is CC(C)CNS(=O)(=O)Nc1ccccc1/C(N)=N/O. The fourth-order valence-corrected chi connectivity index (χ4v) is 2.40. The summed E-state index contributed by atoms with van der Waals surface area (Å²) in [5.41, 5.74) is 6.03. The van der Waals surface area contributed by atoms with E-state index in [-0.39, 0.29) is 17.4 Å². The van der Waals surface area contributed by atoms with Crippen molar-refractivity contribution in [3.05, 3.63) is 29.8 Å². The molecule has 0 amide bonds. The van der Waals surface area contributed by atoms with Crippen LogP contribution >= 0.6 is 0 Å². The van der Waals surface area contributed by atoms with Gasteiger partial charge in [0.25, 0.3) is 10.2 Å². The Morgan fingerprint density at radius 1 is 1.42 bits per heavy atom. The molecule has 0 atom stereocenters. The van der Waals surface area contributed by atoms with Gasteiger partial charge in [-0.05, 0) is 18.1 Å². The molecular formula is C11H18N4O3S. The molecule has 1 aromatic carbocycles. The lowest BCUT2D eigenvalue weighted by Gasteiger charge is -2.13. The summed E-state index contributed by atoms with van der Waals surface area (Å²) in [6.45, 7) is 4.11. The second kappa shape index (κ2) is 6.39. The van der Waals surface area contributed by atoms with Crippen LogP contribution in [0.5, 0.6) is 0 Å². The molecule has 0 bridgehead atoms. The highest BCUT2D eigenvalue weighted by Gasteiger charge is 2.14. The van der Waals surface area contributed by atoms with E-state index in [4.69, 9.17) is 10.9 Å². The molecule has 19 heavy (non-hydrogen) atoms. The Hall–Kier alpha value is -1.80. The summed E-state index contributed by atoms with van der Waals surface area (Å²) in [5.74, 6) is 0.0260. The molecule has 1 aromatic rings. The zero-order valence-electron chi connectivity index (χ0n) is 10.8. The first-order valence-electron chi connectivity index (χ1n) is 5.70. The van der Waals surface area contributed by atoms with Gasteiger partial charge < -0.3 is 10.9 Å². The Morgan fingerprint density at radius 2 is 2.05 bits per heavy atom. The van der Waals surface area contributed by atoms with Crippen molar-refractivity contribution < 1.29 is 13.6 Å². The topological polar surface area (TPSA) is 117 Å². The van der Waals surface area contributed by atoms with Crippen molar-refractivity contribution in [2.75, 3.05) is 11.3 Å². The Morgan fingerprint density at radius 3 is 2.63 bits per heavy atom. The van der Waals surface area contributed by atoms with Gasteiger partial charge in [-0.15, -0.1) is 0 Å². The van der Waals surface area contributed by atoms with Gasteiger partial charge in [-0.1, -0.05) is 31.1 Å². The third-order valence-corrected chi connectivity index (χ3v) is 3.27. The zero-order valence-corrected chi connectivity index (χ0v) is 11.6. The van der Waals surface area contributed by atoms with Crippen molar-refractivity contribution in [3.63, 3.8) is 0 Å². The largest absolute Gasteiger partial charge is 0.409 e. The summed E-state index contributed by atoms with van der Waals surface area (Å²) in [7, 11) is -3.69. The minimum atomic E-state index is -3.69. The van der Waals surface area contributed by atoms with Crippen LogP contribution in [0.1, 0.15) is 19.4 Å². The number of hydrogen-bond donors (Lipinski definition) is 4. The molecule has 0 unspecified atom stereocenters. The third-order valence-electron chi connectivity index (χ3n) is 2.24. The van der Waals surface area contributed by atoms with Crippen LogP contribution in [0.15, 0.2) is 29.4 Å². The van der Waals surface area contributed by atoms with Crippen LogP contribution in [-0.2, 0) is 10.2 Å². The molecule has 0 fully saturated rings. The molecule has 0 saturated carbocycles. The fourth-order valence-electron chi connectivity index (χ4n) is 1.31. The number of rotatable bonds is 6. The summed E-state index contributed by atoms with van der Waals surface area (Å²) in [4.78, 5) is 0. The van der Waals surface area contributed by atoms with E-state index < -0.39 is 10.2 Å². The Balaban J connectivity index is 2.94. The maximum Gasteiger partial charge on any atom is 0.299 e. The van der Waals surface area contributed by atoms with E-state index in [9.17, 15) is 8.42 Å². The summed E-state index contributed by atoms with van der Waals surface area (Å²) in [6, 6.07) is 6.39. The van der Waals surface area contributed by atoms with Gasteiger partial charge in [-0.3, -0.25) is 4.72 Å². The summed E-state index contributed by atoms with van der Waals surface area (Å²) >= 11 is 0. The van der Waals surface area contributed by atoms with Gasteiger partial charge >= 0.3 is 0 Å². The van der Waals surface area contributed by atoms with E-state index in [1.807, 2.05) is 13.8 Å². The number of hydrogen-bond acceptors (Lipinski definition) is 4. The van der Waals surface area contributed by atoms with E-state index in [1.165, 1.54) is 6.07 Å². The second-order valence-corrected chi connectivity index (χ2v) is 5.88. The third kappa shape index (κ3) is 4.76. The molecule has 0 aliphatic carbocycles. The predicted octanol–water partition coefficient (Wildman–Crippen LogP) is 0.683. The monoisotopic (exact) mass is 286 g/mol. The highest BCUT2D eigenvalue weighted by Crippen LogP contribution is 2.15.